The summed E-state index contributed by atoms with van der Waals surface area (Å²) in [7, 11) is 0. The van der Waals surface area contributed by atoms with Crippen molar-refractivity contribution in [2.45, 2.75) is 46.9 Å². The van der Waals surface area contributed by atoms with Crippen LogP contribution in [0.3, 0.4) is 0 Å². The van der Waals surface area contributed by atoms with Gasteiger partial charge in [-0.1, -0.05) is 66.0 Å². The Balaban J connectivity index is 2.36. The molecule has 0 radical (unpaired) electrons. The van der Waals surface area contributed by atoms with Crippen LogP contribution in [0.4, 0.5) is 0 Å². The Bertz CT molecular complexity index is 221. The van der Waals surface area contributed by atoms with Gasteiger partial charge < -0.3 is 0 Å². The summed E-state index contributed by atoms with van der Waals surface area (Å²) in [5.74, 6) is 0.921. The van der Waals surface area contributed by atoms with Crippen LogP contribution in [0.15, 0.2) is 0 Å². The number of hydrogen-bond acceptors (Lipinski definition) is 0. The smallest absolute Gasteiger partial charge is 0.0324 e. The molecule has 3 rings (SSSR count). The zero-order chi connectivity index (χ0) is 9.20. The Labute approximate surface area is 103 Å². The zero-order valence-electron chi connectivity index (χ0n) is 7.95. The SMILES string of the molecule is C[C@@H]1CC[C@@]2(I)C[C@]1(I)C2(C)C. The highest BCUT2D eigenvalue weighted by Crippen LogP contribution is 2.74. The highest BCUT2D eigenvalue weighted by atomic mass is 127. The largest absolute Gasteiger partial charge is 0.0782 e. The van der Waals surface area contributed by atoms with Gasteiger partial charge in [0.05, 0.1) is 0 Å². The first-order valence-corrected chi connectivity index (χ1v) is 6.87. The maximum Gasteiger partial charge on any atom is 0.0324 e. The number of fused-ring (bicyclic) bond motifs is 2. The van der Waals surface area contributed by atoms with Crippen LogP contribution >= 0.6 is 45.2 Å². The highest BCUT2D eigenvalue weighted by Gasteiger charge is 2.70. The summed E-state index contributed by atoms with van der Waals surface area (Å²) < 4.78 is 1.22. The Morgan fingerprint density at radius 1 is 1.25 bits per heavy atom. The van der Waals surface area contributed by atoms with Gasteiger partial charge in [0.1, 0.15) is 0 Å². The summed E-state index contributed by atoms with van der Waals surface area (Å²) in [6.07, 6.45) is 4.32. The fourth-order valence-electron chi connectivity index (χ4n) is 2.98. The van der Waals surface area contributed by atoms with Crippen molar-refractivity contribution >= 4 is 45.2 Å². The van der Waals surface area contributed by atoms with Gasteiger partial charge in [-0.3, -0.25) is 0 Å². The van der Waals surface area contributed by atoms with E-state index in [4.69, 9.17) is 0 Å². The first-order valence-electron chi connectivity index (χ1n) is 4.71. The Morgan fingerprint density at radius 2 is 1.83 bits per heavy atom. The quantitative estimate of drug-likeness (QED) is 0.430. The molecule has 3 fully saturated rings. The molecule has 12 heavy (non-hydrogen) atoms. The standard InChI is InChI=1S/C10H16I2/c1-7-4-5-9(11)6-10(7,12)8(9,2)3/h7H,4-6H2,1-3H3/t7-,9-,10-/m1/s1. The summed E-state index contributed by atoms with van der Waals surface area (Å²) in [6.45, 7) is 7.36. The third-order valence-electron chi connectivity index (χ3n) is 4.45. The van der Waals surface area contributed by atoms with Gasteiger partial charge in [-0.25, -0.2) is 0 Å². The van der Waals surface area contributed by atoms with E-state index in [1.54, 1.807) is 0 Å². The van der Waals surface area contributed by atoms with E-state index in [2.05, 4.69) is 66.0 Å². The van der Waals surface area contributed by atoms with E-state index in [-0.39, 0.29) is 0 Å². The molecule has 0 aromatic carbocycles. The van der Waals surface area contributed by atoms with Crippen molar-refractivity contribution in [1.29, 1.82) is 0 Å². The maximum atomic E-state index is 2.73. The molecule has 0 aromatic rings. The van der Waals surface area contributed by atoms with Crippen LogP contribution in [0.1, 0.15) is 40.0 Å². The van der Waals surface area contributed by atoms with Gasteiger partial charge in [-0.2, -0.15) is 0 Å². The average Bonchev–Trinajstić information content (AvgIpc) is 1.97. The normalized spacial score (nSPS) is 56.2. The summed E-state index contributed by atoms with van der Waals surface area (Å²) in [6, 6.07) is 0. The van der Waals surface area contributed by atoms with Crippen molar-refractivity contribution in [1.82, 2.24) is 0 Å². The van der Waals surface area contributed by atoms with Gasteiger partial charge in [0.2, 0.25) is 0 Å². The van der Waals surface area contributed by atoms with Gasteiger partial charge in [0.15, 0.2) is 0 Å². The van der Waals surface area contributed by atoms with E-state index >= 15 is 0 Å². The highest BCUT2D eigenvalue weighted by molar-refractivity contribution is 14.1. The van der Waals surface area contributed by atoms with Crippen LogP contribution in [0.5, 0.6) is 0 Å². The van der Waals surface area contributed by atoms with Crippen LogP contribution in [-0.4, -0.2) is 6.84 Å². The van der Waals surface area contributed by atoms with Gasteiger partial charge >= 0.3 is 0 Å². The lowest BCUT2D eigenvalue weighted by molar-refractivity contribution is -0.0178. The van der Waals surface area contributed by atoms with E-state index in [0.717, 1.165) is 5.92 Å². The second-order valence-corrected chi connectivity index (χ2v) is 9.06. The lowest BCUT2D eigenvalue weighted by Gasteiger charge is -2.70. The van der Waals surface area contributed by atoms with Crippen LogP contribution in [0.25, 0.3) is 0 Å². The van der Waals surface area contributed by atoms with E-state index in [1.165, 1.54) is 19.3 Å². The predicted octanol–water partition coefficient (Wildman–Crippen LogP) is 4.19. The molecule has 0 spiro atoms. The van der Waals surface area contributed by atoms with Crippen LogP contribution in [0.2, 0.25) is 0 Å². The predicted molar refractivity (Wildman–Crippen MR) is 70.3 cm³/mol. The van der Waals surface area contributed by atoms with Crippen LogP contribution in [-0.2, 0) is 0 Å². The fourth-order valence-corrected chi connectivity index (χ4v) is 7.10. The van der Waals surface area contributed by atoms with E-state index < -0.39 is 0 Å². The minimum absolute atomic E-state index is 0.554. The molecule has 0 amide bonds. The third kappa shape index (κ3) is 0.894. The minimum Gasteiger partial charge on any atom is -0.0782 e. The molecule has 0 unspecified atom stereocenters. The van der Waals surface area contributed by atoms with Crippen molar-refractivity contribution in [3.05, 3.63) is 0 Å². The van der Waals surface area contributed by atoms with Crippen LogP contribution in [0, 0.1) is 11.3 Å². The number of rotatable bonds is 0. The first-order chi connectivity index (χ1) is 5.33. The Hall–Kier alpha value is 1.46. The van der Waals surface area contributed by atoms with Crippen LogP contribution < -0.4 is 0 Å². The summed E-state index contributed by atoms with van der Waals surface area (Å²) in [5, 5.41) is 0. The lowest BCUT2D eigenvalue weighted by Crippen LogP contribution is -2.71. The van der Waals surface area contributed by atoms with Gasteiger partial charge in [0.25, 0.3) is 0 Å². The van der Waals surface area contributed by atoms with Crippen molar-refractivity contribution in [3.63, 3.8) is 0 Å². The molecule has 3 atom stereocenters. The molecule has 2 bridgehead atoms. The van der Waals surface area contributed by atoms with E-state index in [1.807, 2.05) is 0 Å². The molecule has 0 aromatic heterocycles. The number of halogens is 2. The van der Waals surface area contributed by atoms with Gasteiger partial charge in [-0.15, -0.1) is 0 Å². The first kappa shape index (κ1) is 9.99. The molecular formula is C10H16I2. The molecule has 3 aliphatic carbocycles. The molecule has 3 saturated carbocycles. The molecule has 0 saturated heterocycles. The van der Waals surface area contributed by atoms with Crippen molar-refractivity contribution in [3.8, 4) is 0 Å². The van der Waals surface area contributed by atoms with Crippen molar-refractivity contribution < 1.29 is 0 Å². The third-order valence-corrected chi connectivity index (χ3v) is 9.51. The topological polar surface area (TPSA) is 0 Å². The minimum atomic E-state index is 0.554. The average molecular weight is 390 g/mol. The summed E-state index contributed by atoms with van der Waals surface area (Å²) in [5.41, 5.74) is 0.554. The van der Waals surface area contributed by atoms with E-state index in [0.29, 0.717) is 12.3 Å². The van der Waals surface area contributed by atoms with Crippen molar-refractivity contribution in [2.24, 2.45) is 11.3 Å². The Morgan fingerprint density at radius 3 is 2.25 bits per heavy atom. The Kier molecular flexibility index (Phi) is 2.10. The molecule has 0 heterocycles. The molecule has 0 N–H and O–H groups in total. The second-order valence-electron chi connectivity index (χ2n) is 5.07. The molecule has 0 aliphatic heterocycles. The monoisotopic (exact) mass is 390 g/mol. The molecule has 0 nitrogen and oxygen atoms in total. The van der Waals surface area contributed by atoms with Gasteiger partial charge in [0, 0.05) is 6.84 Å². The van der Waals surface area contributed by atoms with Gasteiger partial charge in [-0.05, 0) is 30.6 Å². The maximum absolute atomic E-state index is 2.73. The molecule has 70 valence electrons. The van der Waals surface area contributed by atoms with E-state index in [9.17, 15) is 0 Å². The fraction of sp³-hybridized carbons (Fsp3) is 1.00. The summed E-state index contributed by atoms with van der Waals surface area (Å²) >= 11 is 5.45. The zero-order valence-corrected chi connectivity index (χ0v) is 12.3. The lowest BCUT2D eigenvalue weighted by atomic mass is 9.45. The molecule has 3 aliphatic rings. The summed E-state index contributed by atoms with van der Waals surface area (Å²) in [4.78, 5) is 0. The molecule has 2 heteroatoms. The number of hydrogen-bond donors (Lipinski definition) is 0. The second kappa shape index (κ2) is 2.52. The molecular weight excluding hydrogens is 374 g/mol. The van der Waals surface area contributed by atoms with Crippen molar-refractivity contribution in [2.75, 3.05) is 0 Å². The number of alkyl halides is 2.